The van der Waals surface area contributed by atoms with Crippen LogP contribution in [0.15, 0.2) is 28.8 Å². The smallest absolute Gasteiger partial charge is 0.224 e. The number of rotatable bonds is 10. The van der Waals surface area contributed by atoms with Crippen molar-refractivity contribution in [2.24, 2.45) is 5.92 Å². The average Bonchev–Trinajstić information content (AvgIpc) is 3.29. The fraction of sp³-hybridized carbons (Fsp3) is 0.630. The summed E-state index contributed by atoms with van der Waals surface area (Å²) in [5.41, 5.74) is 2.17. The number of phenols is 1. The lowest BCUT2D eigenvalue weighted by molar-refractivity contribution is -0.106. The van der Waals surface area contributed by atoms with Crippen molar-refractivity contribution in [3.63, 3.8) is 0 Å². The molecule has 1 fully saturated rings. The molecule has 1 unspecified atom stereocenters. The third-order valence-corrected chi connectivity index (χ3v) is 5.91. The molecule has 1 aromatic carbocycles. The van der Waals surface area contributed by atoms with Crippen LogP contribution in [-0.2, 0) is 9.53 Å². The molecule has 8 heteroatoms. The Balaban J connectivity index is 0.000000422. The van der Waals surface area contributed by atoms with Gasteiger partial charge in [0, 0.05) is 38.2 Å². The number of hydrogen-bond acceptors (Lipinski definition) is 7. The number of carbonyl (C=O) groups excluding carboxylic acids is 1. The maximum absolute atomic E-state index is 8.91. The highest BCUT2D eigenvalue weighted by Gasteiger charge is 2.17. The van der Waals surface area contributed by atoms with Gasteiger partial charge in [-0.1, -0.05) is 56.4 Å². The second-order valence-electron chi connectivity index (χ2n) is 9.14. The summed E-state index contributed by atoms with van der Waals surface area (Å²) in [6.07, 6.45) is 5.57. The van der Waals surface area contributed by atoms with E-state index in [4.69, 9.17) is 30.8 Å². The van der Waals surface area contributed by atoms with Crippen LogP contribution in [0.25, 0.3) is 0 Å². The van der Waals surface area contributed by atoms with E-state index in [2.05, 4.69) is 42.2 Å². The van der Waals surface area contributed by atoms with Gasteiger partial charge in [-0.15, -0.1) is 0 Å². The van der Waals surface area contributed by atoms with Crippen molar-refractivity contribution in [3.05, 3.63) is 40.5 Å². The van der Waals surface area contributed by atoms with Crippen LogP contribution in [0.1, 0.15) is 70.6 Å². The number of aromatic hydroxyl groups is 1. The molecule has 1 atom stereocenters. The zero-order chi connectivity index (χ0) is 26.1. The van der Waals surface area contributed by atoms with Gasteiger partial charge in [0.2, 0.25) is 5.88 Å². The zero-order valence-electron chi connectivity index (χ0n) is 22.1. The quantitative estimate of drug-likeness (QED) is 0.363. The van der Waals surface area contributed by atoms with Crippen LogP contribution in [-0.4, -0.2) is 60.8 Å². The molecule has 35 heavy (non-hydrogen) atoms. The molecule has 1 aliphatic rings. The first-order valence-corrected chi connectivity index (χ1v) is 13.0. The van der Waals surface area contributed by atoms with Crippen LogP contribution in [0.3, 0.4) is 0 Å². The molecule has 1 aromatic heterocycles. The molecule has 0 amide bonds. The number of ether oxygens (including phenoxy) is 1. The maximum atomic E-state index is 8.91. The summed E-state index contributed by atoms with van der Waals surface area (Å²) in [4.78, 5) is 11.2. The Kier molecular flexibility index (Phi) is 16.1. The average molecular weight is 510 g/mol. The molecule has 0 bridgehead atoms. The molecule has 0 spiro atoms. The first-order valence-electron chi connectivity index (χ1n) is 12.7. The van der Waals surface area contributed by atoms with Gasteiger partial charge in [-0.05, 0) is 50.3 Å². The van der Waals surface area contributed by atoms with Gasteiger partial charge in [0.25, 0.3) is 0 Å². The lowest BCUT2D eigenvalue weighted by Crippen LogP contribution is -2.38. The molecule has 2 heterocycles. The summed E-state index contributed by atoms with van der Waals surface area (Å²) in [6, 6.07) is 7.20. The standard InChI is InChI=1S/C18H33N3O2.C7H7ClO.C2H4O/c1-4-5-16(7-6-15(2)3)17-14-18(23-20-17)19-8-9-21-10-12-22-13-11-21;1-5-2-3-7(9)6(8)4-5;1-2-3/h14-16,19H,4-13H2,1-3H3;2-4,9H,1H3;2H,1H3. The molecule has 7 nitrogen and oxygen atoms in total. The number of carbonyl (C=O) groups is 1. The van der Waals surface area contributed by atoms with Gasteiger partial charge in [-0.3, -0.25) is 4.90 Å². The minimum Gasteiger partial charge on any atom is -0.506 e. The maximum Gasteiger partial charge on any atom is 0.224 e. The second kappa shape index (κ2) is 18.2. The highest BCUT2D eigenvalue weighted by atomic mass is 35.5. The number of morpholine rings is 1. The molecule has 3 rings (SSSR count). The van der Waals surface area contributed by atoms with Crippen LogP contribution in [0.2, 0.25) is 5.02 Å². The third kappa shape index (κ3) is 13.5. The molecule has 0 radical (unpaired) electrons. The van der Waals surface area contributed by atoms with Crippen molar-refractivity contribution in [1.82, 2.24) is 10.1 Å². The minimum absolute atomic E-state index is 0.141. The summed E-state index contributed by atoms with van der Waals surface area (Å²) in [5, 5.41) is 17.0. The first-order chi connectivity index (χ1) is 16.8. The first kappa shape index (κ1) is 30.9. The highest BCUT2D eigenvalue weighted by Crippen LogP contribution is 2.29. The molecule has 2 N–H and O–H groups in total. The van der Waals surface area contributed by atoms with E-state index in [-0.39, 0.29) is 5.75 Å². The minimum atomic E-state index is 0.141. The number of benzene rings is 1. The zero-order valence-corrected chi connectivity index (χ0v) is 22.8. The lowest BCUT2D eigenvalue weighted by atomic mass is 9.91. The van der Waals surface area contributed by atoms with Crippen LogP contribution >= 0.6 is 11.6 Å². The topological polar surface area (TPSA) is 87.8 Å². The van der Waals surface area contributed by atoms with Crippen molar-refractivity contribution >= 4 is 23.8 Å². The number of aryl methyl sites for hydroxylation is 1. The Morgan fingerprint density at radius 1 is 1.20 bits per heavy atom. The number of nitrogens with zero attached hydrogens (tertiary/aromatic N) is 2. The van der Waals surface area contributed by atoms with E-state index in [0.717, 1.165) is 68.7 Å². The fourth-order valence-corrected chi connectivity index (χ4v) is 3.90. The number of hydrogen-bond donors (Lipinski definition) is 2. The summed E-state index contributed by atoms with van der Waals surface area (Å²) >= 11 is 5.56. The number of phenolic OH excluding ortho intramolecular Hbond substituents is 1. The van der Waals surface area contributed by atoms with Gasteiger partial charge in [-0.2, -0.15) is 0 Å². The Bertz CT molecular complexity index is 823. The molecular weight excluding hydrogens is 466 g/mol. The number of anilines is 1. The van der Waals surface area contributed by atoms with Crippen LogP contribution in [0, 0.1) is 12.8 Å². The predicted octanol–water partition coefficient (Wildman–Crippen LogP) is 6.30. The van der Waals surface area contributed by atoms with Gasteiger partial charge in [0.15, 0.2) is 0 Å². The van der Waals surface area contributed by atoms with Gasteiger partial charge in [0.1, 0.15) is 12.0 Å². The van der Waals surface area contributed by atoms with Crippen LogP contribution in [0.5, 0.6) is 5.75 Å². The Morgan fingerprint density at radius 2 is 1.89 bits per heavy atom. The van der Waals surface area contributed by atoms with Crippen molar-refractivity contribution in [3.8, 4) is 5.75 Å². The summed E-state index contributed by atoms with van der Waals surface area (Å²) in [7, 11) is 0. The van der Waals surface area contributed by atoms with Gasteiger partial charge >= 0.3 is 0 Å². The molecule has 1 saturated heterocycles. The lowest BCUT2D eigenvalue weighted by Gasteiger charge is -2.26. The predicted molar refractivity (Wildman–Crippen MR) is 144 cm³/mol. The van der Waals surface area contributed by atoms with E-state index in [1.165, 1.54) is 32.6 Å². The van der Waals surface area contributed by atoms with Crippen LogP contribution < -0.4 is 5.32 Å². The molecule has 0 saturated carbocycles. The van der Waals surface area contributed by atoms with Gasteiger partial charge < -0.3 is 24.5 Å². The van der Waals surface area contributed by atoms with Crippen molar-refractivity contribution in [1.29, 1.82) is 0 Å². The molecular formula is C27H44ClN3O4. The van der Waals surface area contributed by atoms with Crippen LogP contribution in [0.4, 0.5) is 5.88 Å². The number of halogens is 1. The van der Waals surface area contributed by atoms with E-state index in [0.29, 0.717) is 10.9 Å². The largest absolute Gasteiger partial charge is 0.506 e. The van der Waals surface area contributed by atoms with E-state index < -0.39 is 0 Å². The molecule has 0 aliphatic carbocycles. The monoisotopic (exact) mass is 509 g/mol. The second-order valence-corrected chi connectivity index (χ2v) is 9.55. The van der Waals surface area contributed by atoms with E-state index in [9.17, 15) is 0 Å². The summed E-state index contributed by atoms with van der Waals surface area (Å²) in [6.45, 7) is 15.8. The molecule has 1 aliphatic heterocycles. The Morgan fingerprint density at radius 3 is 2.46 bits per heavy atom. The molecule has 2 aromatic rings. The van der Waals surface area contributed by atoms with Crippen molar-refractivity contribution in [2.45, 2.75) is 66.2 Å². The summed E-state index contributed by atoms with van der Waals surface area (Å²) < 4.78 is 10.8. The molecule has 198 valence electrons. The van der Waals surface area contributed by atoms with E-state index in [1.807, 2.05) is 6.92 Å². The third-order valence-electron chi connectivity index (χ3n) is 5.61. The van der Waals surface area contributed by atoms with Gasteiger partial charge in [-0.25, -0.2) is 0 Å². The van der Waals surface area contributed by atoms with E-state index >= 15 is 0 Å². The SMILES string of the molecule is CC=O.CCCC(CCC(C)C)c1cc(NCCN2CCOCC2)on1.Cc1ccc(O)c(Cl)c1. The Hall–Kier alpha value is -2.09. The summed E-state index contributed by atoms with van der Waals surface area (Å²) in [5.74, 6) is 2.22. The van der Waals surface area contributed by atoms with Crippen molar-refractivity contribution < 1.29 is 19.2 Å². The fourth-order valence-electron chi connectivity index (χ4n) is 3.66. The Labute approximate surface area is 216 Å². The normalized spacial score (nSPS) is 14.4. The number of nitrogens with one attached hydrogen (secondary N) is 1. The number of aromatic nitrogens is 1. The number of aldehydes is 1. The van der Waals surface area contributed by atoms with Gasteiger partial charge in [0.05, 0.1) is 23.9 Å². The highest BCUT2D eigenvalue weighted by molar-refractivity contribution is 6.32. The van der Waals surface area contributed by atoms with E-state index in [1.54, 1.807) is 18.2 Å². The van der Waals surface area contributed by atoms with Crippen molar-refractivity contribution in [2.75, 3.05) is 44.7 Å².